The molecule has 2 rings (SSSR count). The fraction of sp³-hybridized carbons (Fsp3) is 0.812. The van der Waals surface area contributed by atoms with Crippen LogP contribution in [0.1, 0.15) is 59.3 Å². The fourth-order valence-corrected chi connectivity index (χ4v) is 3.54. The van der Waals surface area contributed by atoms with Gasteiger partial charge in [0.15, 0.2) is 0 Å². The van der Waals surface area contributed by atoms with Crippen molar-refractivity contribution < 1.29 is 4.79 Å². The minimum atomic E-state index is 0.143. The number of allylic oxidation sites excluding steroid dienone is 2. The van der Waals surface area contributed by atoms with E-state index in [4.69, 9.17) is 0 Å². The second-order valence-corrected chi connectivity index (χ2v) is 6.49. The third-order valence-corrected chi connectivity index (χ3v) is 4.87. The number of likely N-dealkylation sites (tertiary alicyclic amines) is 1. The predicted molar refractivity (Wildman–Crippen MR) is 79.2 cm³/mol. The topological polar surface area (TPSA) is 32.3 Å². The van der Waals surface area contributed by atoms with Gasteiger partial charge in [-0.15, -0.1) is 0 Å². The summed E-state index contributed by atoms with van der Waals surface area (Å²) in [6, 6.07) is 0.143. The lowest BCUT2D eigenvalue weighted by atomic mass is 9.68. The molecule has 1 aliphatic heterocycles. The van der Waals surface area contributed by atoms with Crippen molar-refractivity contribution in [1.29, 1.82) is 0 Å². The summed E-state index contributed by atoms with van der Waals surface area (Å²) >= 11 is 0. The van der Waals surface area contributed by atoms with Crippen LogP contribution in [0.15, 0.2) is 11.1 Å². The van der Waals surface area contributed by atoms with Gasteiger partial charge in [0, 0.05) is 19.6 Å². The van der Waals surface area contributed by atoms with Crippen LogP contribution in [0.4, 0.5) is 4.79 Å². The smallest absolute Gasteiger partial charge is 0.317 e. The van der Waals surface area contributed by atoms with Crippen molar-refractivity contribution in [3.8, 4) is 0 Å². The molecule has 1 saturated heterocycles. The van der Waals surface area contributed by atoms with Crippen molar-refractivity contribution in [2.24, 2.45) is 5.41 Å². The number of amides is 2. The zero-order valence-corrected chi connectivity index (χ0v) is 12.7. The summed E-state index contributed by atoms with van der Waals surface area (Å²) in [4.78, 5) is 14.2. The molecule has 0 aromatic carbocycles. The van der Waals surface area contributed by atoms with Crippen molar-refractivity contribution >= 4 is 6.03 Å². The molecule has 0 bridgehead atoms. The average molecular weight is 264 g/mol. The van der Waals surface area contributed by atoms with E-state index in [9.17, 15) is 4.79 Å². The first-order valence-corrected chi connectivity index (χ1v) is 7.74. The van der Waals surface area contributed by atoms with E-state index in [-0.39, 0.29) is 6.03 Å². The molecule has 3 nitrogen and oxygen atoms in total. The van der Waals surface area contributed by atoms with Gasteiger partial charge >= 0.3 is 6.03 Å². The number of urea groups is 1. The molecule has 19 heavy (non-hydrogen) atoms. The summed E-state index contributed by atoms with van der Waals surface area (Å²) in [5.41, 5.74) is 3.49. The van der Waals surface area contributed by atoms with Gasteiger partial charge in [-0.2, -0.15) is 0 Å². The van der Waals surface area contributed by atoms with Crippen LogP contribution in [0.5, 0.6) is 0 Å². The van der Waals surface area contributed by atoms with Gasteiger partial charge in [-0.1, -0.05) is 18.1 Å². The predicted octanol–water partition coefficient (Wildman–Crippen LogP) is 3.71. The molecule has 1 spiro atoms. The molecule has 0 aromatic rings. The molecule has 2 amide bonds. The average Bonchev–Trinajstić information content (AvgIpc) is 2.41. The number of hydrogen-bond acceptors (Lipinski definition) is 1. The van der Waals surface area contributed by atoms with E-state index in [1.54, 1.807) is 11.1 Å². The summed E-state index contributed by atoms with van der Waals surface area (Å²) in [5, 5.41) is 3.02. The Morgan fingerprint density at radius 2 is 2.11 bits per heavy atom. The Morgan fingerprint density at radius 3 is 2.79 bits per heavy atom. The van der Waals surface area contributed by atoms with E-state index in [0.29, 0.717) is 5.41 Å². The summed E-state index contributed by atoms with van der Waals surface area (Å²) in [6.45, 7) is 9.30. The Hall–Kier alpha value is -0.990. The van der Waals surface area contributed by atoms with Gasteiger partial charge in [0.05, 0.1) is 0 Å². The highest BCUT2D eigenvalue weighted by Crippen LogP contribution is 2.45. The Morgan fingerprint density at radius 1 is 1.32 bits per heavy atom. The van der Waals surface area contributed by atoms with Gasteiger partial charge < -0.3 is 10.2 Å². The Balaban J connectivity index is 1.99. The standard InChI is InChI=1S/C16H28N2O/c1-4-9-17-15(19)18-10-5-7-16(12-18)8-6-13(2)14(3)11-16/h4-12H2,1-3H3,(H,17,19). The number of hydrogen-bond donors (Lipinski definition) is 1. The third-order valence-electron chi connectivity index (χ3n) is 4.87. The highest BCUT2D eigenvalue weighted by molar-refractivity contribution is 5.74. The van der Waals surface area contributed by atoms with Crippen LogP contribution in [0.2, 0.25) is 0 Å². The minimum absolute atomic E-state index is 0.143. The zero-order valence-electron chi connectivity index (χ0n) is 12.7. The largest absolute Gasteiger partial charge is 0.338 e. The molecule has 2 aliphatic rings. The lowest BCUT2D eigenvalue weighted by molar-refractivity contribution is 0.0918. The van der Waals surface area contributed by atoms with Crippen molar-refractivity contribution in [3.05, 3.63) is 11.1 Å². The van der Waals surface area contributed by atoms with Gasteiger partial charge in [0.2, 0.25) is 0 Å². The van der Waals surface area contributed by atoms with E-state index in [0.717, 1.165) is 32.5 Å². The third kappa shape index (κ3) is 3.31. The molecule has 108 valence electrons. The van der Waals surface area contributed by atoms with Gasteiger partial charge in [-0.25, -0.2) is 4.79 Å². The van der Waals surface area contributed by atoms with Crippen LogP contribution in [0.3, 0.4) is 0 Å². The summed E-state index contributed by atoms with van der Waals surface area (Å²) in [6.07, 6.45) is 7.12. The lowest BCUT2D eigenvalue weighted by Crippen LogP contribution is -2.50. The van der Waals surface area contributed by atoms with Gasteiger partial charge in [-0.3, -0.25) is 0 Å². The van der Waals surface area contributed by atoms with Crippen LogP contribution >= 0.6 is 0 Å². The van der Waals surface area contributed by atoms with Crippen LogP contribution < -0.4 is 5.32 Å². The van der Waals surface area contributed by atoms with Crippen molar-refractivity contribution in [2.75, 3.05) is 19.6 Å². The molecule has 0 aromatic heterocycles. The molecule has 0 radical (unpaired) electrons. The first-order chi connectivity index (χ1) is 9.06. The zero-order chi connectivity index (χ0) is 13.9. The van der Waals surface area contributed by atoms with Crippen LogP contribution in [-0.2, 0) is 0 Å². The molecule has 1 atom stereocenters. The molecule has 1 N–H and O–H groups in total. The van der Waals surface area contributed by atoms with Gasteiger partial charge in [0.25, 0.3) is 0 Å². The molecule has 1 aliphatic carbocycles. The van der Waals surface area contributed by atoms with Crippen LogP contribution in [-0.4, -0.2) is 30.6 Å². The van der Waals surface area contributed by atoms with E-state index < -0.39 is 0 Å². The quantitative estimate of drug-likeness (QED) is 0.758. The molecule has 1 unspecified atom stereocenters. The number of piperidine rings is 1. The SMILES string of the molecule is CCCNC(=O)N1CCCC2(CCC(C)=C(C)C2)C1. The normalized spacial score (nSPS) is 27.8. The van der Waals surface area contributed by atoms with E-state index >= 15 is 0 Å². The van der Waals surface area contributed by atoms with E-state index in [1.807, 2.05) is 4.90 Å². The summed E-state index contributed by atoms with van der Waals surface area (Å²) in [7, 11) is 0. The lowest BCUT2D eigenvalue weighted by Gasteiger charge is -2.45. The fourth-order valence-electron chi connectivity index (χ4n) is 3.54. The summed E-state index contributed by atoms with van der Waals surface area (Å²) < 4.78 is 0. The van der Waals surface area contributed by atoms with Crippen molar-refractivity contribution in [2.45, 2.75) is 59.3 Å². The second-order valence-electron chi connectivity index (χ2n) is 6.49. The molecule has 1 heterocycles. The number of carbonyl (C=O) groups excluding carboxylic acids is 1. The number of nitrogens with zero attached hydrogens (tertiary/aromatic N) is 1. The van der Waals surface area contributed by atoms with E-state index in [1.165, 1.54) is 25.7 Å². The molecule has 3 heteroatoms. The van der Waals surface area contributed by atoms with Gasteiger partial charge in [-0.05, 0) is 57.8 Å². The van der Waals surface area contributed by atoms with Gasteiger partial charge in [0.1, 0.15) is 0 Å². The second kappa shape index (κ2) is 5.98. The summed E-state index contributed by atoms with van der Waals surface area (Å²) in [5.74, 6) is 0. The molecule has 0 saturated carbocycles. The first kappa shape index (κ1) is 14.4. The number of carbonyl (C=O) groups is 1. The molecular formula is C16H28N2O. The highest BCUT2D eigenvalue weighted by atomic mass is 16.2. The van der Waals surface area contributed by atoms with Crippen molar-refractivity contribution in [3.63, 3.8) is 0 Å². The minimum Gasteiger partial charge on any atom is -0.338 e. The maximum absolute atomic E-state index is 12.1. The highest BCUT2D eigenvalue weighted by Gasteiger charge is 2.38. The number of nitrogens with one attached hydrogen (secondary N) is 1. The Bertz CT molecular complexity index is 375. The molecular weight excluding hydrogens is 236 g/mol. The van der Waals surface area contributed by atoms with E-state index in [2.05, 4.69) is 26.1 Å². The van der Waals surface area contributed by atoms with Crippen LogP contribution in [0.25, 0.3) is 0 Å². The van der Waals surface area contributed by atoms with Crippen LogP contribution in [0, 0.1) is 5.41 Å². The molecule has 1 fully saturated rings. The Kier molecular flexibility index (Phi) is 4.54. The Labute approximate surface area is 117 Å². The maximum Gasteiger partial charge on any atom is 0.317 e. The number of rotatable bonds is 2. The first-order valence-electron chi connectivity index (χ1n) is 7.74. The monoisotopic (exact) mass is 264 g/mol. The van der Waals surface area contributed by atoms with Crippen molar-refractivity contribution in [1.82, 2.24) is 10.2 Å². The maximum atomic E-state index is 12.1.